The Kier molecular flexibility index (Phi) is 3.58. The summed E-state index contributed by atoms with van der Waals surface area (Å²) >= 11 is 4.22. The van der Waals surface area contributed by atoms with Gasteiger partial charge in [-0.3, -0.25) is 4.79 Å². The van der Waals surface area contributed by atoms with E-state index in [9.17, 15) is 4.79 Å². The van der Waals surface area contributed by atoms with E-state index in [1.54, 1.807) is 11.9 Å². The molecule has 0 saturated heterocycles. The lowest BCUT2D eigenvalue weighted by atomic mass is 10.1. The first-order valence-electron chi connectivity index (χ1n) is 4.61. The summed E-state index contributed by atoms with van der Waals surface area (Å²) in [6.45, 7) is 4.61. The number of thiol groups is 1. The van der Waals surface area contributed by atoms with Crippen molar-refractivity contribution in [2.75, 3.05) is 13.6 Å². The summed E-state index contributed by atoms with van der Waals surface area (Å²) < 4.78 is 0. The first kappa shape index (κ1) is 11.1. The molecule has 0 heterocycles. The van der Waals surface area contributed by atoms with Crippen molar-refractivity contribution in [2.24, 2.45) is 0 Å². The molecule has 0 N–H and O–H groups in total. The van der Waals surface area contributed by atoms with Crippen LogP contribution in [0, 0.1) is 6.92 Å². The molecule has 0 aliphatic heterocycles. The van der Waals surface area contributed by atoms with E-state index in [1.165, 1.54) is 0 Å². The van der Waals surface area contributed by atoms with Crippen LogP contribution in [0.25, 0.3) is 0 Å². The van der Waals surface area contributed by atoms with Gasteiger partial charge in [0.05, 0.1) is 0 Å². The van der Waals surface area contributed by atoms with Crippen LogP contribution in [0.1, 0.15) is 22.8 Å². The standard InChI is InChI=1S/C11H15NOS/c1-4-12(3)11(13)10-7-9(14)6-5-8(10)2/h5-7,14H,4H2,1-3H3. The largest absolute Gasteiger partial charge is 0.342 e. The van der Waals surface area contributed by atoms with Crippen molar-refractivity contribution >= 4 is 18.5 Å². The summed E-state index contributed by atoms with van der Waals surface area (Å²) in [5, 5.41) is 0. The fourth-order valence-electron chi connectivity index (χ4n) is 1.19. The highest BCUT2D eigenvalue weighted by Gasteiger charge is 2.12. The third-order valence-corrected chi connectivity index (χ3v) is 2.55. The topological polar surface area (TPSA) is 20.3 Å². The van der Waals surface area contributed by atoms with Crippen LogP contribution in [0.5, 0.6) is 0 Å². The molecular weight excluding hydrogens is 194 g/mol. The monoisotopic (exact) mass is 209 g/mol. The predicted octanol–water partition coefficient (Wildman–Crippen LogP) is 2.38. The molecule has 0 saturated carbocycles. The van der Waals surface area contributed by atoms with Crippen LogP contribution in [0.4, 0.5) is 0 Å². The first-order chi connectivity index (χ1) is 6.56. The van der Waals surface area contributed by atoms with E-state index >= 15 is 0 Å². The molecule has 0 atom stereocenters. The minimum absolute atomic E-state index is 0.0564. The third-order valence-electron chi connectivity index (χ3n) is 2.27. The second-order valence-corrected chi connectivity index (χ2v) is 3.83. The molecule has 2 nitrogen and oxygen atoms in total. The van der Waals surface area contributed by atoms with Crippen molar-refractivity contribution in [3.05, 3.63) is 29.3 Å². The third kappa shape index (κ3) is 2.29. The molecule has 1 aromatic carbocycles. The number of amides is 1. The quantitative estimate of drug-likeness (QED) is 0.741. The van der Waals surface area contributed by atoms with Crippen molar-refractivity contribution < 1.29 is 4.79 Å². The molecule has 3 heteroatoms. The normalized spacial score (nSPS) is 10.0. The maximum Gasteiger partial charge on any atom is 0.253 e. The molecule has 76 valence electrons. The van der Waals surface area contributed by atoms with Crippen molar-refractivity contribution in [1.82, 2.24) is 4.90 Å². The van der Waals surface area contributed by atoms with Gasteiger partial charge in [-0.2, -0.15) is 0 Å². The maximum absolute atomic E-state index is 11.8. The van der Waals surface area contributed by atoms with Gasteiger partial charge in [0.15, 0.2) is 0 Å². The Morgan fingerprint density at radius 2 is 2.14 bits per heavy atom. The molecule has 0 aromatic heterocycles. The van der Waals surface area contributed by atoms with Gasteiger partial charge < -0.3 is 4.90 Å². The summed E-state index contributed by atoms with van der Waals surface area (Å²) in [7, 11) is 1.80. The average Bonchev–Trinajstić information content (AvgIpc) is 2.19. The zero-order valence-electron chi connectivity index (χ0n) is 8.74. The van der Waals surface area contributed by atoms with Crippen LogP contribution in [-0.4, -0.2) is 24.4 Å². The van der Waals surface area contributed by atoms with Crippen molar-refractivity contribution in [1.29, 1.82) is 0 Å². The van der Waals surface area contributed by atoms with Gasteiger partial charge in [-0.1, -0.05) is 6.07 Å². The summed E-state index contributed by atoms with van der Waals surface area (Å²) in [6, 6.07) is 5.62. The van der Waals surface area contributed by atoms with Crippen molar-refractivity contribution in [3.63, 3.8) is 0 Å². The minimum atomic E-state index is 0.0564. The average molecular weight is 209 g/mol. The zero-order chi connectivity index (χ0) is 10.7. The smallest absolute Gasteiger partial charge is 0.253 e. The molecule has 0 unspecified atom stereocenters. The lowest BCUT2D eigenvalue weighted by molar-refractivity contribution is 0.0801. The molecule has 1 aromatic rings. The van der Waals surface area contributed by atoms with Gasteiger partial charge in [0.25, 0.3) is 5.91 Å². The van der Waals surface area contributed by atoms with Gasteiger partial charge in [-0.25, -0.2) is 0 Å². The predicted molar refractivity (Wildman–Crippen MR) is 61.1 cm³/mol. The molecule has 0 bridgehead atoms. The number of carbonyl (C=O) groups is 1. The fraction of sp³-hybridized carbons (Fsp3) is 0.364. The minimum Gasteiger partial charge on any atom is -0.342 e. The molecule has 1 amide bonds. The van der Waals surface area contributed by atoms with Crippen LogP contribution in [0.15, 0.2) is 23.1 Å². The Morgan fingerprint density at radius 1 is 1.50 bits per heavy atom. The van der Waals surface area contributed by atoms with Gasteiger partial charge >= 0.3 is 0 Å². The fourth-order valence-corrected chi connectivity index (χ4v) is 1.39. The highest BCUT2D eigenvalue weighted by atomic mass is 32.1. The van der Waals surface area contributed by atoms with Gasteiger partial charge in [-0.15, -0.1) is 12.6 Å². The molecule has 0 aliphatic rings. The van der Waals surface area contributed by atoms with Crippen LogP contribution in [0.2, 0.25) is 0 Å². The van der Waals surface area contributed by atoms with E-state index in [2.05, 4.69) is 12.6 Å². The van der Waals surface area contributed by atoms with Gasteiger partial charge in [0.1, 0.15) is 0 Å². The van der Waals surface area contributed by atoms with Gasteiger partial charge in [-0.05, 0) is 31.5 Å². The summed E-state index contributed by atoms with van der Waals surface area (Å²) in [5.41, 5.74) is 1.73. The molecule has 1 rings (SSSR count). The second-order valence-electron chi connectivity index (χ2n) is 3.32. The summed E-state index contributed by atoms with van der Waals surface area (Å²) in [5.74, 6) is 0.0564. The Bertz CT molecular complexity index is 349. The number of aryl methyl sites for hydroxylation is 1. The molecule has 0 radical (unpaired) electrons. The number of carbonyl (C=O) groups excluding carboxylic acids is 1. The highest BCUT2D eigenvalue weighted by molar-refractivity contribution is 7.80. The highest BCUT2D eigenvalue weighted by Crippen LogP contribution is 2.15. The Hall–Kier alpha value is -0.960. The maximum atomic E-state index is 11.8. The number of benzene rings is 1. The lowest BCUT2D eigenvalue weighted by Crippen LogP contribution is -2.26. The SMILES string of the molecule is CCN(C)C(=O)c1cc(S)ccc1C. The van der Waals surface area contributed by atoms with Crippen molar-refractivity contribution in [2.45, 2.75) is 18.7 Å². The molecule has 0 aliphatic carbocycles. The zero-order valence-corrected chi connectivity index (χ0v) is 9.64. The first-order valence-corrected chi connectivity index (χ1v) is 5.06. The lowest BCUT2D eigenvalue weighted by Gasteiger charge is -2.16. The Balaban J connectivity index is 3.06. The van der Waals surface area contributed by atoms with Gasteiger partial charge in [0, 0.05) is 24.1 Å². The molecular formula is C11H15NOS. The molecule has 0 spiro atoms. The van der Waals surface area contributed by atoms with E-state index in [1.807, 2.05) is 32.0 Å². The van der Waals surface area contributed by atoms with Crippen LogP contribution < -0.4 is 0 Å². The number of hydrogen-bond donors (Lipinski definition) is 1. The molecule has 14 heavy (non-hydrogen) atoms. The van der Waals surface area contributed by atoms with Gasteiger partial charge in [0.2, 0.25) is 0 Å². The summed E-state index contributed by atoms with van der Waals surface area (Å²) in [6.07, 6.45) is 0. The van der Waals surface area contributed by atoms with E-state index in [4.69, 9.17) is 0 Å². The van der Waals surface area contributed by atoms with E-state index in [0.717, 1.165) is 22.6 Å². The van der Waals surface area contributed by atoms with E-state index in [0.29, 0.717) is 0 Å². The number of nitrogens with zero attached hydrogens (tertiary/aromatic N) is 1. The Labute approximate surface area is 90.3 Å². The van der Waals surface area contributed by atoms with E-state index < -0.39 is 0 Å². The second kappa shape index (κ2) is 4.51. The molecule has 0 fully saturated rings. The van der Waals surface area contributed by atoms with Crippen LogP contribution in [-0.2, 0) is 0 Å². The number of hydrogen-bond acceptors (Lipinski definition) is 2. The van der Waals surface area contributed by atoms with E-state index in [-0.39, 0.29) is 5.91 Å². The summed E-state index contributed by atoms with van der Waals surface area (Å²) in [4.78, 5) is 14.4. The van der Waals surface area contributed by atoms with Crippen LogP contribution >= 0.6 is 12.6 Å². The van der Waals surface area contributed by atoms with Crippen LogP contribution in [0.3, 0.4) is 0 Å². The Morgan fingerprint density at radius 3 is 2.71 bits per heavy atom. The number of rotatable bonds is 2. The van der Waals surface area contributed by atoms with Crippen molar-refractivity contribution in [3.8, 4) is 0 Å².